The number of amides is 1. The molecule has 0 saturated carbocycles. The minimum absolute atomic E-state index is 0.178. The van der Waals surface area contributed by atoms with Gasteiger partial charge in [-0.1, -0.05) is 11.6 Å². The largest absolute Gasteiger partial charge is 0.286 e. The molecule has 0 aliphatic rings. The van der Waals surface area contributed by atoms with Crippen LogP contribution in [0, 0.1) is 0 Å². The monoisotopic (exact) mass is 186 g/mol. The number of hydrogen-bond donors (Lipinski definition) is 2. The molecule has 0 atom stereocenters. The lowest BCUT2D eigenvalue weighted by atomic mass is 10.4. The van der Waals surface area contributed by atoms with Gasteiger partial charge in [0.25, 0.3) is 5.91 Å². The molecule has 2 N–H and O–H groups in total. The van der Waals surface area contributed by atoms with E-state index in [2.05, 4.69) is 20.8 Å². The van der Waals surface area contributed by atoms with Crippen LogP contribution in [0.3, 0.4) is 0 Å². The number of hydrazine groups is 1. The van der Waals surface area contributed by atoms with E-state index < -0.39 is 0 Å². The molecule has 1 aromatic heterocycles. The topological polar surface area (TPSA) is 66.9 Å². The summed E-state index contributed by atoms with van der Waals surface area (Å²) >= 11 is 5.52. The minimum Gasteiger partial charge on any atom is -0.286 e. The van der Waals surface area contributed by atoms with Gasteiger partial charge in [0.2, 0.25) is 0 Å². The maximum Gasteiger partial charge on any atom is 0.285 e. The molecule has 1 heterocycles. The molecular weight excluding hydrogens is 180 g/mol. The molecule has 0 unspecified atom stereocenters. The van der Waals surface area contributed by atoms with Crippen molar-refractivity contribution in [3.63, 3.8) is 0 Å². The van der Waals surface area contributed by atoms with Crippen molar-refractivity contribution in [2.45, 2.75) is 0 Å². The zero-order valence-corrected chi connectivity index (χ0v) is 7.09. The minimum atomic E-state index is -0.368. The third kappa shape index (κ3) is 2.14. The Morgan fingerprint density at radius 2 is 2.33 bits per heavy atom. The van der Waals surface area contributed by atoms with Gasteiger partial charge in [0, 0.05) is 7.05 Å². The zero-order chi connectivity index (χ0) is 8.97. The SMILES string of the molecule is CNNC(=O)c1cncc(Cl)n1. The number of hydrogen-bond acceptors (Lipinski definition) is 4. The first-order valence-electron chi connectivity index (χ1n) is 3.18. The maximum absolute atomic E-state index is 11.1. The summed E-state index contributed by atoms with van der Waals surface area (Å²) in [7, 11) is 1.58. The molecule has 0 bridgehead atoms. The van der Waals surface area contributed by atoms with E-state index in [1.807, 2.05) is 0 Å². The number of carbonyl (C=O) groups excluding carboxylic acids is 1. The first-order valence-corrected chi connectivity index (χ1v) is 3.56. The number of carbonyl (C=O) groups is 1. The fourth-order valence-electron chi connectivity index (χ4n) is 0.629. The normalized spacial score (nSPS) is 9.50. The van der Waals surface area contributed by atoms with E-state index in [9.17, 15) is 4.79 Å². The van der Waals surface area contributed by atoms with Crippen molar-refractivity contribution in [3.05, 3.63) is 23.2 Å². The Balaban J connectivity index is 2.81. The van der Waals surface area contributed by atoms with Gasteiger partial charge in [-0.2, -0.15) is 0 Å². The Labute approximate surface area is 74.1 Å². The van der Waals surface area contributed by atoms with Gasteiger partial charge in [-0.25, -0.2) is 10.4 Å². The van der Waals surface area contributed by atoms with Crippen LogP contribution < -0.4 is 10.9 Å². The van der Waals surface area contributed by atoms with Gasteiger partial charge in [0.05, 0.1) is 12.4 Å². The summed E-state index contributed by atoms with van der Waals surface area (Å²) in [6.45, 7) is 0. The van der Waals surface area contributed by atoms with Gasteiger partial charge >= 0.3 is 0 Å². The van der Waals surface area contributed by atoms with E-state index in [1.165, 1.54) is 12.4 Å². The van der Waals surface area contributed by atoms with Crippen LogP contribution in [0.15, 0.2) is 12.4 Å². The van der Waals surface area contributed by atoms with E-state index in [4.69, 9.17) is 11.6 Å². The smallest absolute Gasteiger partial charge is 0.285 e. The second kappa shape index (κ2) is 3.99. The molecule has 1 aromatic rings. The zero-order valence-electron chi connectivity index (χ0n) is 6.34. The predicted octanol–water partition coefficient (Wildman–Crippen LogP) is -0.00580. The van der Waals surface area contributed by atoms with Gasteiger partial charge in [-0.15, -0.1) is 0 Å². The van der Waals surface area contributed by atoms with Gasteiger partial charge in [-0.3, -0.25) is 15.2 Å². The van der Waals surface area contributed by atoms with Crippen LogP contribution in [0.5, 0.6) is 0 Å². The Morgan fingerprint density at radius 3 is 2.92 bits per heavy atom. The van der Waals surface area contributed by atoms with Crippen LogP contribution in [-0.2, 0) is 0 Å². The summed E-state index contributed by atoms with van der Waals surface area (Å²) in [5.74, 6) is -0.368. The Kier molecular flexibility index (Phi) is 2.95. The molecule has 6 heteroatoms. The highest BCUT2D eigenvalue weighted by molar-refractivity contribution is 6.29. The summed E-state index contributed by atoms with van der Waals surface area (Å²) in [4.78, 5) is 18.5. The maximum atomic E-state index is 11.1. The molecule has 5 nitrogen and oxygen atoms in total. The standard InChI is InChI=1S/C6H7ClN4O/c1-8-11-6(12)4-2-9-3-5(7)10-4/h2-3,8H,1H3,(H,11,12). The van der Waals surface area contributed by atoms with Gasteiger partial charge in [-0.05, 0) is 0 Å². The van der Waals surface area contributed by atoms with E-state index in [0.29, 0.717) is 0 Å². The van der Waals surface area contributed by atoms with Crippen molar-refractivity contribution in [1.82, 2.24) is 20.8 Å². The molecule has 0 fully saturated rings. The Bertz CT molecular complexity index is 291. The fraction of sp³-hybridized carbons (Fsp3) is 0.167. The van der Waals surface area contributed by atoms with Crippen molar-refractivity contribution in [3.8, 4) is 0 Å². The average molecular weight is 187 g/mol. The van der Waals surface area contributed by atoms with Crippen LogP contribution in [0.1, 0.15) is 10.5 Å². The lowest BCUT2D eigenvalue weighted by molar-refractivity contribution is 0.0932. The number of rotatable bonds is 2. The molecule has 0 radical (unpaired) electrons. The van der Waals surface area contributed by atoms with Crippen molar-refractivity contribution in [2.75, 3.05) is 7.05 Å². The Morgan fingerprint density at radius 1 is 1.58 bits per heavy atom. The van der Waals surface area contributed by atoms with Crippen molar-refractivity contribution >= 4 is 17.5 Å². The second-order valence-electron chi connectivity index (χ2n) is 1.93. The first kappa shape index (κ1) is 8.89. The number of halogens is 1. The summed E-state index contributed by atoms with van der Waals surface area (Å²) in [6.07, 6.45) is 2.69. The fourth-order valence-corrected chi connectivity index (χ4v) is 0.777. The molecule has 0 aliphatic carbocycles. The average Bonchev–Trinajstić information content (AvgIpc) is 2.05. The van der Waals surface area contributed by atoms with Gasteiger partial charge in [0.1, 0.15) is 10.8 Å². The molecule has 0 aromatic carbocycles. The van der Waals surface area contributed by atoms with Crippen LogP contribution in [-0.4, -0.2) is 22.9 Å². The van der Waals surface area contributed by atoms with Crippen molar-refractivity contribution in [2.24, 2.45) is 0 Å². The number of nitrogens with zero attached hydrogens (tertiary/aromatic N) is 2. The lowest BCUT2D eigenvalue weighted by Gasteiger charge is -2.00. The summed E-state index contributed by atoms with van der Waals surface area (Å²) in [6, 6.07) is 0. The third-order valence-electron chi connectivity index (χ3n) is 1.08. The summed E-state index contributed by atoms with van der Waals surface area (Å²) < 4.78 is 0. The van der Waals surface area contributed by atoms with Gasteiger partial charge < -0.3 is 0 Å². The molecule has 64 valence electrons. The highest BCUT2D eigenvalue weighted by Gasteiger charge is 2.05. The number of aromatic nitrogens is 2. The molecule has 1 amide bonds. The van der Waals surface area contributed by atoms with Crippen molar-refractivity contribution in [1.29, 1.82) is 0 Å². The first-order chi connectivity index (χ1) is 5.74. The third-order valence-corrected chi connectivity index (χ3v) is 1.26. The molecule has 0 spiro atoms. The number of nitrogens with one attached hydrogen (secondary N) is 2. The van der Waals surface area contributed by atoms with Crippen LogP contribution in [0.4, 0.5) is 0 Å². The lowest BCUT2D eigenvalue weighted by Crippen LogP contribution is -2.34. The van der Waals surface area contributed by atoms with Crippen LogP contribution in [0.2, 0.25) is 5.15 Å². The summed E-state index contributed by atoms with van der Waals surface area (Å²) in [5.41, 5.74) is 4.99. The highest BCUT2D eigenvalue weighted by atomic mass is 35.5. The molecule has 0 aliphatic heterocycles. The highest BCUT2D eigenvalue weighted by Crippen LogP contribution is 2.01. The molecule has 12 heavy (non-hydrogen) atoms. The molecule has 0 saturated heterocycles. The van der Waals surface area contributed by atoms with E-state index in [-0.39, 0.29) is 16.8 Å². The van der Waals surface area contributed by atoms with E-state index in [0.717, 1.165) is 0 Å². The quantitative estimate of drug-likeness (QED) is 0.638. The van der Waals surface area contributed by atoms with Gasteiger partial charge in [0.15, 0.2) is 0 Å². The summed E-state index contributed by atoms with van der Waals surface area (Å²) in [5, 5.41) is 0.193. The second-order valence-corrected chi connectivity index (χ2v) is 2.32. The predicted molar refractivity (Wildman–Crippen MR) is 43.6 cm³/mol. The van der Waals surface area contributed by atoms with Crippen LogP contribution in [0.25, 0.3) is 0 Å². The van der Waals surface area contributed by atoms with Crippen LogP contribution >= 0.6 is 11.6 Å². The van der Waals surface area contributed by atoms with E-state index >= 15 is 0 Å². The molecular formula is C6H7ClN4O. The molecule has 1 rings (SSSR count). The Hall–Kier alpha value is -1.20. The van der Waals surface area contributed by atoms with E-state index in [1.54, 1.807) is 7.05 Å². The van der Waals surface area contributed by atoms with Crippen molar-refractivity contribution < 1.29 is 4.79 Å².